The molecule has 4 heteroatoms. The van der Waals surface area contributed by atoms with Gasteiger partial charge in [0.25, 0.3) is 0 Å². The molecule has 2 rings (SSSR count). The van der Waals surface area contributed by atoms with Gasteiger partial charge in [-0.05, 0) is 57.9 Å². The monoisotopic (exact) mass is 361 g/mol. The summed E-state index contributed by atoms with van der Waals surface area (Å²) in [7, 11) is 0. The maximum absolute atomic E-state index is 6.49. The third kappa shape index (κ3) is 6.26. The summed E-state index contributed by atoms with van der Waals surface area (Å²) in [5.74, 6) is 1.29. The SMILES string of the molecule is CCOc1cc(CNC(C)(C)C)cc(Cl)c1OCc1cccc(C)c1. The maximum atomic E-state index is 6.49. The number of hydrogen-bond donors (Lipinski definition) is 1. The van der Waals surface area contributed by atoms with Gasteiger partial charge in [-0.25, -0.2) is 0 Å². The average molecular weight is 362 g/mol. The Bertz CT molecular complexity index is 708. The second-order valence-electron chi connectivity index (χ2n) is 7.22. The molecule has 0 saturated carbocycles. The van der Waals surface area contributed by atoms with Gasteiger partial charge in [0, 0.05) is 12.1 Å². The van der Waals surface area contributed by atoms with Crippen molar-refractivity contribution in [3.63, 3.8) is 0 Å². The zero-order valence-corrected chi connectivity index (χ0v) is 16.5. The minimum Gasteiger partial charge on any atom is -0.490 e. The van der Waals surface area contributed by atoms with E-state index in [0.29, 0.717) is 29.7 Å². The molecule has 0 aliphatic carbocycles. The Morgan fingerprint density at radius 1 is 1.04 bits per heavy atom. The van der Waals surface area contributed by atoms with Crippen LogP contribution in [0.2, 0.25) is 5.02 Å². The fraction of sp³-hybridized carbons (Fsp3) is 0.429. The van der Waals surface area contributed by atoms with Crippen molar-refractivity contribution < 1.29 is 9.47 Å². The summed E-state index contributed by atoms with van der Waals surface area (Å²) in [5.41, 5.74) is 3.43. The van der Waals surface area contributed by atoms with Crippen LogP contribution in [-0.2, 0) is 13.2 Å². The molecular formula is C21H28ClNO2. The van der Waals surface area contributed by atoms with Gasteiger partial charge < -0.3 is 14.8 Å². The van der Waals surface area contributed by atoms with Crippen molar-refractivity contribution in [3.05, 3.63) is 58.1 Å². The lowest BCUT2D eigenvalue weighted by Gasteiger charge is -2.21. The van der Waals surface area contributed by atoms with Crippen molar-refractivity contribution in [1.29, 1.82) is 0 Å². The van der Waals surface area contributed by atoms with Gasteiger partial charge in [-0.1, -0.05) is 41.4 Å². The second kappa shape index (κ2) is 8.59. The summed E-state index contributed by atoms with van der Waals surface area (Å²) in [6.07, 6.45) is 0. The highest BCUT2D eigenvalue weighted by molar-refractivity contribution is 6.32. The number of halogens is 1. The highest BCUT2D eigenvalue weighted by Gasteiger charge is 2.15. The minimum absolute atomic E-state index is 0.0403. The van der Waals surface area contributed by atoms with Gasteiger partial charge in [0.05, 0.1) is 11.6 Å². The molecule has 0 bridgehead atoms. The van der Waals surface area contributed by atoms with Crippen LogP contribution < -0.4 is 14.8 Å². The molecule has 0 amide bonds. The molecule has 2 aromatic rings. The standard InChI is InChI=1S/C21H28ClNO2/c1-6-24-19-12-17(13-23-21(3,4)5)11-18(22)20(19)25-14-16-9-7-8-15(2)10-16/h7-12,23H,6,13-14H2,1-5H3. The number of ether oxygens (including phenoxy) is 2. The lowest BCUT2D eigenvalue weighted by atomic mass is 10.1. The zero-order valence-electron chi connectivity index (χ0n) is 15.8. The van der Waals surface area contributed by atoms with E-state index in [0.717, 1.165) is 17.7 Å². The molecule has 0 radical (unpaired) electrons. The summed E-state index contributed by atoms with van der Waals surface area (Å²) in [5, 5.41) is 4.04. The Hall–Kier alpha value is -1.71. The first kappa shape index (κ1) is 19.6. The molecule has 0 heterocycles. The van der Waals surface area contributed by atoms with E-state index in [9.17, 15) is 0 Å². The number of rotatable bonds is 7. The van der Waals surface area contributed by atoms with Gasteiger partial charge in [-0.15, -0.1) is 0 Å². The lowest BCUT2D eigenvalue weighted by molar-refractivity contribution is 0.269. The molecule has 0 unspecified atom stereocenters. The molecule has 2 aromatic carbocycles. The first-order chi connectivity index (χ1) is 11.8. The normalized spacial score (nSPS) is 11.4. The van der Waals surface area contributed by atoms with E-state index in [4.69, 9.17) is 21.1 Å². The molecule has 0 saturated heterocycles. The molecule has 3 nitrogen and oxygen atoms in total. The third-order valence-electron chi connectivity index (χ3n) is 3.66. The van der Waals surface area contributed by atoms with Gasteiger partial charge in [-0.2, -0.15) is 0 Å². The van der Waals surface area contributed by atoms with Crippen LogP contribution in [0.5, 0.6) is 11.5 Å². The van der Waals surface area contributed by atoms with Crippen molar-refractivity contribution in [2.24, 2.45) is 0 Å². The Kier molecular flexibility index (Phi) is 6.74. The predicted molar refractivity (Wildman–Crippen MR) is 105 cm³/mol. The molecule has 0 fully saturated rings. The van der Waals surface area contributed by atoms with E-state index in [1.165, 1.54) is 5.56 Å². The maximum Gasteiger partial charge on any atom is 0.180 e. The first-order valence-corrected chi connectivity index (χ1v) is 9.05. The summed E-state index contributed by atoms with van der Waals surface area (Å²) < 4.78 is 11.7. The minimum atomic E-state index is 0.0403. The molecule has 136 valence electrons. The first-order valence-electron chi connectivity index (χ1n) is 8.67. The predicted octanol–water partition coefficient (Wildman–Crippen LogP) is 5.51. The smallest absolute Gasteiger partial charge is 0.180 e. The van der Waals surface area contributed by atoms with E-state index in [2.05, 4.69) is 45.1 Å². The van der Waals surface area contributed by atoms with Gasteiger partial charge in [-0.3, -0.25) is 0 Å². The lowest BCUT2D eigenvalue weighted by Crippen LogP contribution is -2.35. The Morgan fingerprint density at radius 2 is 1.80 bits per heavy atom. The number of hydrogen-bond acceptors (Lipinski definition) is 3. The van der Waals surface area contributed by atoms with Crippen LogP contribution in [0.15, 0.2) is 36.4 Å². The largest absolute Gasteiger partial charge is 0.490 e. The molecule has 25 heavy (non-hydrogen) atoms. The summed E-state index contributed by atoms with van der Waals surface area (Å²) in [4.78, 5) is 0. The van der Waals surface area contributed by atoms with E-state index in [-0.39, 0.29) is 5.54 Å². The fourth-order valence-electron chi connectivity index (χ4n) is 2.45. The molecule has 0 atom stereocenters. The zero-order chi connectivity index (χ0) is 18.4. The van der Waals surface area contributed by atoms with Crippen molar-refractivity contribution in [2.75, 3.05) is 6.61 Å². The summed E-state index contributed by atoms with van der Waals surface area (Å²) in [6, 6.07) is 12.2. The third-order valence-corrected chi connectivity index (χ3v) is 3.94. The fourth-order valence-corrected chi connectivity index (χ4v) is 2.74. The van der Waals surface area contributed by atoms with E-state index in [1.54, 1.807) is 0 Å². The van der Waals surface area contributed by atoms with Crippen LogP contribution in [0.4, 0.5) is 0 Å². The highest BCUT2D eigenvalue weighted by Crippen LogP contribution is 2.37. The van der Waals surface area contributed by atoms with Crippen LogP contribution >= 0.6 is 11.6 Å². The highest BCUT2D eigenvalue weighted by atomic mass is 35.5. The number of aryl methyl sites for hydroxylation is 1. The quantitative estimate of drug-likeness (QED) is 0.704. The Morgan fingerprint density at radius 3 is 2.44 bits per heavy atom. The Labute approximate surface area is 156 Å². The van der Waals surface area contributed by atoms with E-state index in [1.807, 2.05) is 31.2 Å². The number of nitrogens with one attached hydrogen (secondary N) is 1. The van der Waals surface area contributed by atoms with Crippen LogP contribution in [-0.4, -0.2) is 12.1 Å². The van der Waals surface area contributed by atoms with Crippen LogP contribution in [0, 0.1) is 6.92 Å². The van der Waals surface area contributed by atoms with Gasteiger partial charge in [0.2, 0.25) is 0 Å². The van der Waals surface area contributed by atoms with Gasteiger partial charge in [0.15, 0.2) is 11.5 Å². The van der Waals surface area contributed by atoms with E-state index >= 15 is 0 Å². The molecule has 0 aliphatic heterocycles. The van der Waals surface area contributed by atoms with Gasteiger partial charge >= 0.3 is 0 Å². The molecule has 0 spiro atoms. The van der Waals surface area contributed by atoms with Crippen molar-refractivity contribution in [3.8, 4) is 11.5 Å². The van der Waals surface area contributed by atoms with Crippen molar-refractivity contribution >= 4 is 11.6 Å². The van der Waals surface area contributed by atoms with Crippen molar-refractivity contribution in [1.82, 2.24) is 5.32 Å². The summed E-state index contributed by atoms with van der Waals surface area (Å²) >= 11 is 6.49. The molecule has 1 N–H and O–H groups in total. The second-order valence-corrected chi connectivity index (χ2v) is 7.63. The van der Waals surface area contributed by atoms with Crippen LogP contribution in [0.25, 0.3) is 0 Å². The molecule has 0 aromatic heterocycles. The summed E-state index contributed by atoms with van der Waals surface area (Å²) in [6.45, 7) is 12.2. The molecule has 0 aliphatic rings. The average Bonchev–Trinajstić information content (AvgIpc) is 2.52. The van der Waals surface area contributed by atoms with E-state index < -0.39 is 0 Å². The van der Waals surface area contributed by atoms with Gasteiger partial charge in [0.1, 0.15) is 6.61 Å². The molecular weight excluding hydrogens is 334 g/mol. The topological polar surface area (TPSA) is 30.5 Å². The van der Waals surface area contributed by atoms with Crippen LogP contribution in [0.3, 0.4) is 0 Å². The van der Waals surface area contributed by atoms with Crippen LogP contribution in [0.1, 0.15) is 44.4 Å². The Balaban J connectivity index is 2.18. The number of benzene rings is 2. The van der Waals surface area contributed by atoms with Crippen molar-refractivity contribution in [2.45, 2.75) is 53.3 Å².